The van der Waals surface area contributed by atoms with Gasteiger partial charge in [0.2, 0.25) is 5.91 Å². The number of halogens is 1. The van der Waals surface area contributed by atoms with Gasteiger partial charge in [0, 0.05) is 6.54 Å². The Hall–Kier alpha value is -1.58. The highest BCUT2D eigenvalue weighted by atomic mass is 35.5. The van der Waals surface area contributed by atoms with Crippen LogP contribution in [0.2, 0.25) is 0 Å². The minimum absolute atomic E-state index is 0. The van der Waals surface area contributed by atoms with E-state index in [4.69, 9.17) is 5.73 Å². The van der Waals surface area contributed by atoms with Gasteiger partial charge in [0.25, 0.3) is 0 Å². The average molecular weight is 333 g/mol. The predicted molar refractivity (Wildman–Crippen MR) is 98.0 cm³/mol. The third-order valence-electron chi connectivity index (χ3n) is 5.01. The number of nitrogens with two attached hydrogens (primary N) is 1. The van der Waals surface area contributed by atoms with Gasteiger partial charge in [-0.05, 0) is 36.1 Å². The van der Waals surface area contributed by atoms with E-state index in [9.17, 15) is 4.79 Å². The van der Waals surface area contributed by atoms with Crippen LogP contribution >= 0.6 is 12.4 Å². The van der Waals surface area contributed by atoms with E-state index in [1.54, 1.807) is 0 Å². The summed E-state index contributed by atoms with van der Waals surface area (Å²) >= 11 is 0. The lowest BCUT2D eigenvalue weighted by atomic mass is 9.93. The molecular formula is C19H25ClN2O. The van der Waals surface area contributed by atoms with Crippen molar-refractivity contribution in [2.45, 2.75) is 44.1 Å². The summed E-state index contributed by atoms with van der Waals surface area (Å²) in [5.74, 6) is -0.0729. The molecule has 124 valence electrons. The van der Waals surface area contributed by atoms with Crippen molar-refractivity contribution in [1.29, 1.82) is 0 Å². The highest BCUT2D eigenvalue weighted by molar-refractivity contribution is 5.88. The molecule has 0 aromatic heterocycles. The van der Waals surface area contributed by atoms with Crippen molar-refractivity contribution in [3.05, 3.63) is 48.0 Å². The van der Waals surface area contributed by atoms with Crippen molar-refractivity contribution >= 4 is 29.1 Å². The van der Waals surface area contributed by atoms with E-state index in [0.29, 0.717) is 6.54 Å². The molecule has 1 amide bonds. The van der Waals surface area contributed by atoms with E-state index >= 15 is 0 Å². The first kappa shape index (κ1) is 17.8. The number of benzene rings is 2. The van der Waals surface area contributed by atoms with Crippen molar-refractivity contribution in [1.82, 2.24) is 5.32 Å². The number of amides is 1. The molecule has 2 aromatic rings. The van der Waals surface area contributed by atoms with Gasteiger partial charge in [-0.1, -0.05) is 55.3 Å². The standard InChI is InChI=1S/C19H24N2O.ClH/c1-14(18(22)21-19(13-20)10-4-5-11-19)16-9-8-15-6-2-3-7-17(15)12-16;/h2-3,6-9,12,14H,4-5,10-11,13,20H2,1H3,(H,21,22);1H. The Bertz CT molecular complexity index is 680. The van der Waals surface area contributed by atoms with Crippen LogP contribution in [-0.4, -0.2) is 18.0 Å². The maximum Gasteiger partial charge on any atom is 0.227 e. The van der Waals surface area contributed by atoms with Crippen LogP contribution in [0, 0.1) is 0 Å². The number of fused-ring (bicyclic) bond motifs is 1. The molecule has 1 atom stereocenters. The number of hydrogen-bond donors (Lipinski definition) is 2. The molecule has 0 radical (unpaired) electrons. The Balaban J connectivity index is 0.00000192. The molecule has 0 spiro atoms. The maximum absolute atomic E-state index is 12.6. The first-order valence-corrected chi connectivity index (χ1v) is 8.14. The molecule has 1 unspecified atom stereocenters. The molecule has 3 rings (SSSR count). The number of rotatable bonds is 4. The fourth-order valence-corrected chi connectivity index (χ4v) is 3.43. The summed E-state index contributed by atoms with van der Waals surface area (Å²) in [5, 5.41) is 5.60. The number of nitrogens with one attached hydrogen (secondary N) is 1. The quantitative estimate of drug-likeness (QED) is 0.895. The SMILES string of the molecule is CC(C(=O)NC1(CN)CCCC1)c1ccc2ccccc2c1.Cl. The van der Waals surface area contributed by atoms with Crippen molar-refractivity contribution < 1.29 is 4.79 Å². The molecular weight excluding hydrogens is 308 g/mol. The van der Waals surface area contributed by atoms with E-state index in [1.807, 2.05) is 19.1 Å². The summed E-state index contributed by atoms with van der Waals surface area (Å²) in [7, 11) is 0. The molecule has 23 heavy (non-hydrogen) atoms. The Morgan fingerprint density at radius 3 is 2.48 bits per heavy atom. The lowest BCUT2D eigenvalue weighted by molar-refractivity contribution is -0.124. The van der Waals surface area contributed by atoms with Crippen LogP contribution in [0.25, 0.3) is 10.8 Å². The second kappa shape index (κ2) is 7.33. The van der Waals surface area contributed by atoms with Gasteiger partial charge in [0.05, 0.1) is 11.5 Å². The van der Waals surface area contributed by atoms with Gasteiger partial charge in [-0.3, -0.25) is 4.79 Å². The van der Waals surface area contributed by atoms with Gasteiger partial charge < -0.3 is 11.1 Å². The zero-order valence-corrected chi connectivity index (χ0v) is 14.4. The van der Waals surface area contributed by atoms with Gasteiger partial charge in [-0.15, -0.1) is 12.4 Å². The Morgan fingerprint density at radius 1 is 1.17 bits per heavy atom. The Labute approximate surface area is 144 Å². The summed E-state index contributed by atoms with van der Waals surface area (Å²) in [6.07, 6.45) is 4.31. The van der Waals surface area contributed by atoms with E-state index < -0.39 is 0 Å². The van der Waals surface area contributed by atoms with Crippen molar-refractivity contribution in [3.8, 4) is 0 Å². The van der Waals surface area contributed by atoms with Gasteiger partial charge in [-0.2, -0.15) is 0 Å². The zero-order valence-electron chi connectivity index (χ0n) is 13.5. The summed E-state index contributed by atoms with van der Waals surface area (Å²) < 4.78 is 0. The third kappa shape index (κ3) is 3.67. The fourth-order valence-electron chi connectivity index (χ4n) is 3.43. The maximum atomic E-state index is 12.6. The second-order valence-corrected chi connectivity index (χ2v) is 6.51. The zero-order chi connectivity index (χ0) is 15.6. The van der Waals surface area contributed by atoms with E-state index in [2.05, 4.69) is 35.6 Å². The summed E-state index contributed by atoms with van der Waals surface area (Å²) in [4.78, 5) is 12.6. The van der Waals surface area contributed by atoms with Crippen molar-refractivity contribution in [2.75, 3.05) is 6.54 Å². The second-order valence-electron chi connectivity index (χ2n) is 6.51. The lowest BCUT2D eigenvalue weighted by Crippen LogP contribution is -2.52. The minimum Gasteiger partial charge on any atom is -0.349 e. The van der Waals surface area contributed by atoms with Gasteiger partial charge in [-0.25, -0.2) is 0 Å². The molecule has 2 aromatic carbocycles. The molecule has 3 N–H and O–H groups in total. The molecule has 0 aliphatic heterocycles. The van der Waals surface area contributed by atoms with Crippen LogP contribution in [0.3, 0.4) is 0 Å². The van der Waals surface area contributed by atoms with Gasteiger partial charge in [0.15, 0.2) is 0 Å². The summed E-state index contributed by atoms with van der Waals surface area (Å²) in [6.45, 7) is 2.50. The van der Waals surface area contributed by atoms with Crippen LogP contribution in [0.4, 0.5) is 0 Å². The molecule has 4 heteroatoms. The van der Waals surface area contributed by atoms with Crippen LogP contribution in [0.5, 0.6) is 0 Å². The smallest absolute Gasteiger partial charge is 0.227 e. The summed E-state index contributed by atoms with van der Waals surface area (Å²) in [6, 6.07) is 14.5. The highest BCUT2D eigenvalue weighted by Crippen LogP contribution is 2.30. The Morgan fingerprint density at radius 2 is 1.83 bits per heavy atom. The lowest BCUT2D eigenvalue weighted by Gasteiger charge is -2.30. The summed E-state index contributed by atoms with van der Waals surface area (Å²) in [5.41, 5.74) is 6.79. The predicted octanol–water partition coefficient (Wildman–Crippen LogP) is 3.75. The molecule has 1 aliphatic carbocycles. The monoisotopic (exact) mass is 332 g/mol. The molecule has 0 saturated heterocycles. The van der Waals surface area contributed by atoms with Crippen LogP contribution in [0.1, 0.15) is 44.1 Å². The normalized spacial score (nSPS) is 17.5. The van der Waals surface area contributed by atoms with Crippen molar-refractivity contribution in [2.24, 2.45) is 5.73 Å². The van der Waals surface area contributed by atoms with E-state index in [-0.39, 0.29) is 29.8 Å². The molecule has 1 fully saturated rings. The van der Waals surface area contributed by atoms with E-state index in [0.717, 1.165) is 31.2 Å². The number of carbonyl (C=O) groups excluding carboxylic acids is 1. The van der Waals surface area contributed by atoms with Crippen LogP contribution < -0.4 is 11.1 Å². The fraction of sp³-hybridized carbons (Fsp3) is 0.421. The van der Waals surface area contributed by atoms with Gasteiger partial charge >= 0.3 is 0 Å². The molecule has 0 bridgehead atoms. The topological polar surface area (TPSA) is 55.1 Å². The molecule has 1 saturated carbocycles. The van der Waals surface area contributed by atoms with E-state index in [1.165, 1.54) is 10.8 Å². The minimum atomic E-state index is -0.178. The molecule has 3 nitrogen and oxygen atoms in total. The Kier molecular flexibility index (Phi) is 5.66. The molecule has 1 aliphatic rings. The first-order valence-electron chi connectivity index (χ1n) is 8.14. The molecule has 0 heterocycles. The van der Waals surface area contributed by atoms with Gasteiger partial charge in [0.1, 0.15) is 0 Å². The van der Waals surface area contributed by atoms with Crippen LogP contribution in [-0.2, 0) is 4.79 Å². The third-order valence-corrected chi connectivity index (χ3v) is 5.01. The average Bonchev–Trinajstić information content (AvgIpc) is 3.02. The highest BCUT2D eigenvalue weighted by Gasteiger charge is 2.35. The number of hydrogen-bond acceptors (Lipinski definition) is 2. The largest absolute Gasteiger partial charge is 0.349 e. The van der Waals surface area contributed by atoms with Crippen LogP contribution in [0.15, 0.2) is 42.5 Å². The van der Waals surface area contributed by atoms with Crippen molar-refractivity contribution in [3.63, 3.8) is 0 Å². The first-order chi connectivity index (χ1) is 10.6. The number of carbonyl (C=O) groups is 1.